The van der Waals surface area contributed by atoms with Crippen molar-refractivity contribution in [1.82, 2.24) is 0 Å². The zero-order valence-corrected chi connectivity index (χ0v) is 7.60. The molecule has 14 heavy (non-hydrogen) atoms. The molecular weight excluding hydrogens is 188 g/mol. The molecule has 1 N–H and O–H groups in total. The maximum absolute atomic E-state index is 11.2. The van der Waals surface area contributed by atoms with Crippen molar-refractivity contribution in [2.45, 2.75) is 13.3 Å². The van der Waals surface area contributed by atoms with Crippen LogP contribution >= 0.6 is 0 Å². The van der Waals surface area contributed by atoms with Crippen LogP contribution in [0, 0.1) is 23.7 Å². The van der Waals surface area contributed by atoms with Crippen LogP contribution in [0.5, 0.6) is 0 Å². The number of carboxylic acid groups (broad SMARTS) is 1. The summed E-state index contributed by atoms with van der Waals surface area (Å²) >= 11 is 0. The lowest BCUT2D eigenvalue weighted by Crippen LogP contribution is -2.23. The zero-order valence-electron chi connectivity index (χ0n) is 7.60. The van der Waals surface area contributed by atoms with E-state index >= 15 is 0 Å². The second-order valence-corrected chi connectivity index (χ2v) is 3.91. The number of carbonyl (C=O) groups excluding carboxylic acids is 2. The van der Waals surface area contributed by atoms with Crippen LogP contribution in [0.1, 0.15) is 13.3 Å². The van der Waals surface area contributed by atoms with Gasteiger partial charge < -0.3 is 9.84 Å². The monoisotopic (exact) mass is 198 g/mol. The highest BCUT2D eigenvalue weighted by Gasteiger charge is 2.56. The van der Waals surface area contributed by atoms with Crippen LogP contribution in [0.25, 0.3) is 0 Å². The fourth-order valence-corrected chi connectivity index (χ4v) is 2.44. The van der Waals surface area contributed by atoms with Gasteiger partial charge in [-0.1, -0.05) is 6.92 Å². The van der Waals surface area contributed by atoms with E-state index in [0.29, 0.717) is 0 Å². The minimum atomic E-state index is -0.937. The minimum absolute atomic E-state index is 0.228. The Morgan fingerprint density at radius 2 is 2.07 bits per heavy atom. The summed E-state index contributed by atoms with van der Waals surface area (Å²) in [6, 6.07) is 0. The fourth-order valence-electron chi connectivity index (χ4n) is 2.44. The van der Waals surface area contributed by atoms with Gasteiger partial charge in [0.25, 0.3) is 0 Å². The highest BCUT2D eigenvalue weighted by Crippen LogP contribution is 2.46. The van der Waals surface area contributed by atoms with E-state index < -0.39 is 35.7 Å². The Morgan fingerprint density at radius 3 is 2.57 bits per heavy atom. The second-order valence-electron chi connectivity index (χ2n) is 3.91. The summed E-state index contributed by atoms with van der Waals surface area (Å²) in [6.45, 7) is 1.68. The molecule has 1 heterocycles. The molecular formula is C9H10O5. The van der Waals surface area contributed by atoms with Gasteiger partial charge in [-0.15, -0.1) is 0 Å². The Labute approximate surface area is 80.0 Å². The van der Waals surface area contributed by atoms with E-state index in [4.69, 9.17) is 5.11 Å². The van der Waals surface area contributed by atoms with Crippen molar-refractivity contribution in [3.05, 3.63) is 0 Å². The lowest BCUT2D eigenvalue weighted by atomic mass is 9.90. The Morgan fingerprint density at radius 1 is 1.43 bits per heavy atom. The van der Waals surface area contributed by atoms with Gasteiger partial charge in [0.05, 0.1) is 17.8 Å². The molecule has 0 spiro atoms. The van der Waals surface area contributed by atoms with Gasteiger partial charge in [-0.05, 0) is 12.3 Å². The van der Waals surface area contributed by atoms with E-state index in [1.807, 2.05) is 0 Å². The van der Waals surface area contributed by atoms with E-state index in [0.717, 1.165) is 0 Å². The van der Waals surface area contributed by atoms with Crippen LogP contribution in [0.3, 0.4) is 0 Å². The number of rotatable bonds is 1. The highest BCUT2D eigenvalue weighted by atomic mass is 16.6. The van der Waals surface area contributed by atoms with Crippen molar-refractivity contribution in [2.24, 2.45) is 23.7 Å². The summed E-state index contributed by atoms with van der Waals surface area (Å²) in [5.41, 5.74) is 0. The number of carbonyl (C=O) groups is 3. The second kappa shape index (κ2) is 2.80. The van der Waals surface area contributed by atoms with Crippen LogP contribution in [0.15, 0.2) is 0 Å². The molecule has 1 saturated heterocycles. The number of hydrogen-bond donors (Lipinski definition) is 1. The quantitative estimate of drug-likeness (QED) is 0.475. The number of cyclic esters (lactones) is 2. The van der Waals surface area contributed by atoms with Crippen LogP contribution in [0.4, 0.5) is 0 Å². The molecule has 0 bridgehead atoms. The predicted molar refractivity (Wildman–Crippen MR) is 43.0 cm³/mol. The SMILES string of the molecule is CC1C(C(=O)O)CC2C(=O)OC(=O)C21. The van der Waals surface area contributed by atoms with Crippen molar-refractivity contribution in [1.29, 1.82) is 0 Å². The molecule has 0 aromatic carbocycles. The number of esters is 2. The molecule has 0 aromatic rings. The number of hydrogen-bond acceptors (Lipinski definition) is 4. The third-order valence-corrected chi connectivity index (χ3v) is 3.24. The Balaban J connectivity index is 2.27. The van der Waals surface area contributed by atoms with Gasteiger partial charge in [0.15, 0.2) is 0 Å². The van der Waals surface area contributed by atoms with Crippen molar-refractivity contribution in [3.8, 4) is 0 Å². The first-order chi connectivity index (χ1) is 6.52. The minimum Gasteiger partial charge on any atom is -0.481 e. The van der Waals surface area contributed by atoms with Crippen LogP contribution in [0.2, 0.25) is 0 Å². The molecule has 1 aliphatic heterocycles. The van der Waals surface area contributed by atoms with Crippen LogP contribution in [-0.4, -0.2) is 23.0 Å². The van der Waals surface area contributed by atoms with Gasteiger partial charge in [0.1, 0.15) is 0 Å². The summed E-state index contributed by atoms with van der Waals surface area (Å²) in [5, 5.41) is 8.85. The van der Waals surface area contributed by atoms with Gasteiger partial charge in [-0.25, -0.2) is 0 Å². The van der Waals surface area contributed by atoms with Gasteiger partial charge in [-0.3, -0.25) is 14.4 Å². The molecule has 1 aliphatic carbocycles. The number of ether oxygens (including phenoxy) is 1. The van der Waals surface area contributed by atoms with Gasteiger partial charge in [-0.2, -0.15) is 0 Å². The molecule has 0 radical (unpaired) electrons. The Kier molecular flexibility index (Phi) is 1.83. The Hall–Kier alpha value is -1.39. The molecule has 5 heteroatoms. The van der Waals surface area contributed by atoms with E-state index in [9.17, 15) is 14.4 Å². The van der Waals surface area contributed by atoms with Gasteiger partial charge in [0, 0.05) is 0 Å². The average Bonchev–Trinajstić information content (AvgIpc) is 2.54. The largest absolute Gasteiger partial charge is 0.481 e. The van der Waals surface area contributed by atoms with E-state index in [2.05, 4.69) is 4.74 Å². The summed E-state index contributed by atoms with van der Waals surface area (Å²) in [7, 11) is 0. The molecule has 2 fully saturated rings. The Bertz CT molecular complexity index is 321. The topological polar surface area (TPSA) is 80.7 Å². The molecule has 76 valence electrons. The van der Waals surface area contributed by atoms with Crippen LogP contribution in [-0.2, 0) is 19.1 Å². The molecule has 0 amide bonds. The third kappa shape index (κ3) is 1.05. The lowest BCUT2D eigenvalue weighted by molar-refractivity contribution is -0.155. The lowest BCUT2D eigenvalue weighted by Gasteiger charge is -2.12. The van der Waals surface area contributed by atoms with Crippen molar-refractivity contribution in [3.63, 3.8) is 0 Å². The van der Waals surface area contributed by atoms with Crippen LogP contribution < -0.4 is 0 Å². The van der Waals surface area contributed by atoms with Crippen molar-refractivity contribution in [2.75, 3.05) is 0 Å². The first-order valence-corrected chi connectivity index (χ1v) is 4.50. The molecule has 2 aliphatic rings. The molecule has 1 saturated carbocycles. The summed E-state index contributed by atoms with van der Waals surface area (Å²) in [4.78, 5) is 33.1. The highest BCUT2D eigenvalue weighted by molar-refractivity contribution is 5.98. The predicted octanol–water partition coefficient (Wildman–Crippen LogP) is 0.0428. The molecule has 4 unspecified atom stereocenters. The first-order valence-electron chi connectivity index (χ1n) is 4.50. The number of aliphatic carboxylic acids is 1. The molecule has 5 nitrogen and oxygen atoms in total. The standard InChI is InChI=1S/C9H10O5/c1-3-4(7(10)11)2-5-6(3)9(13)14-8(5)12/h3-6H,2H2,1H3,(H,10,11). The van der Waals surface area contributed by atoms with E-state index in [1.165, 1.54) is 0 Å². The fraction of sp³-hybridized carbons (Fsp3) is 0.667. The third-order valence-electron chi connectivity index (χ3n) is 3.24. The van der Waals surface area contributed by atoms with Crippen molar-refractivity contribution >= 4 is 17.9 Å². The van der Waals surface area contributed by atoms with Gasteiger partial charge >= 0.3 is 17.9 Å². The molecule has 4 atom stereocenters. The number of fused-ring (bicyclic) bond motifs is 1. The average molecular weight is 198 g/mol. The van der Waals surface area contributed by atoms with Crippen molar-refractivity contribution < 1.29 is 24.2 Å². The van der Waals surface area contributed by atoms with E-state index in [1.54, 1.807) is 6.92 Å². The normalized spacial score (nSPS) is 40.9. The summed E-state index contributed by atoms with van der Waals surface area (Å²) in [6.07, 6.45) is 0.228. The van der Waals surface area contributed by atoms with Gasteiger partial charge in [0.2, 0.25) is 0 Å². The maximum atomic E-state index is 11.2. The smallest absolute Gasteiger partial charge is 0.317 e. The maximum Gasteiger partial charge on any atom is 0.317 e. The molecule has 0 aromatic heterocycles. The van der Waals surface area contributed by atoms with E-state index in [-0.39, 0.29) is 12.3 Å². The summed E-state index contributed by atoms with van der Waals surface area (Å²) in [5.74, 6) is -4.03. The first kappa shape index (κ1) is 9.18. The molecule has 2 rings (SSSR count). The zero-order chi connectivity index (χ0) is 10.5. The summed E-state index contributed by atoms with van der Waals surface area (Å²) < 4.78 is 4.46. The number of carboxylic acids is 1.